The minimum absolute atomic E-state index is 0.0394. The van der Waals surface area contributed by atoms with Gasteiger partial charge >= 0.3 is 0 Å². The van der Waals surface area contributed by atoms with Gasteiger partial charge in [-0.1, -0.05) is 23.8 Å². The molecule has 1 aromatic carbocycles. The molecule has 20 heavy (non-hydrogen) atoms. The van der Waals surface area contributed by atoms with Crippen molar-refractivity contribution in [1.82, 2.24) is 5.06 Å². The second kappa shape index (κ2) is 7.07. The standard InChI is InChI=1S/C15H17NO3S/c1-12-5-7-13(8-6-12)19-11-15(17)16(18-2)10-14-4-3-9-20-14/h3-9H,10-11H2,1-2H3. The average Bonchev–Trinajstić information content (AvgIpc) is 2.97. The number of nitrogens with zero attached hydrogens (tertiary/aromatic N) is 1. The van der Waals surface area contributed by atoms with Crippen molar-refractivity contribution in [2.45, 2.75) is 13.5 Å². The van der Waals surface area contributed by atoms with E-state index in [-0.39, 0.29) is 12.5 Å². The quantitative estimate of drug-likeness (QED) is 0.768. The summed E-state index contributed by atoms with van der Waals surface area (Å²) in [5, 5.41) is 3.27. The first-order valence-electron chi connectivity index (χ1n) is 6.25. The average molecular weight is 291 g/mol. The number of hydroxylamine groups is 2. The van der Waals surface area contributed by atoms with E-state index in [2.05, 4.69) is 0 Å². The summed E-state index contributed by atoms with van der Waals surface area (Å²) >= 11 is 1.59. The number of amides is 1. The molecule has 0 unspecified atom stereocenters. The molecule has 0 atom stereocenters. The number of rotatable bonds is 6. The maximum atomic E-state index is 12.0. The molecular formula is C15H17NO3S. The van der Waals surface area contributed by atoms with E-state index in [1.165, 1.54) is 12.2 Å². The first-order valence-corrected chi connectivity index (χ1v) is 7.13. The number of thiophene rings is 1. The number of hydrogen-bond donors (Lipinski definition) is 0. The predicted octanol–water partition coefficient (Wildman–Crippen LogP) is 3.03. The van der Waals surface area contributed by atoms with Gasteiger partial charge in [0.05, 0.1) is 13.7 Å². The Morgan fingerprint density at radius 2 is 2.00 bits per heavy atom. The molecule has 0 saturated carbocycles. The first-order chi connectivity index (χ1) is 9.69. The highest BCUT2D eigenvalue weighted by Crippen LogP contribution is 2.14. The Balaban J connectivity index is 1.87. The summed E-state index contributed by atoms with van der Waals surface area (Å²) in [6.45, 7) is 2.40. The van der Waals surface area contributed by atoms with Crippen LogP contribution in [0.15, 0.2) is 41.8 Å². The van der Waals surface area contributed by atoms with Gasteiger partial charge in [0.25, 0.3) is 5.91 Å². The number of benzene rings is 1. The summed E-state index contributed by atoms with van der Waals surface area (Å²) in [6.07, 6.45) is 0. The molecule has 0 radical (unpaired) electrons. The molecule has 1 aromatic heterocycles. The summed E-state index contributed by atoms with van der Waals surface area (Å²) < 4.78 is 5.46. The minimum atomic E-state index is -0.207. The van der Waals surface area contributed by atoms with Gasteiger partial charge in [0.2, 0.25) is 0 Å². The van der Waals surface area contributed by atoms with Crippen LogP contribution in [0.5, 0.6) is 5.75 Å². The van der Waals surface area contributed by atoms with E-state index in [1.54, 1.807) is 11.3 Å². The molecule has 0 saturated heterocycles. The smallest absolute Gasteiger partial charge is 0.284 e. The van der Waals surface area contributed by atoms with Crippen LogP contribution in [0, 0.1) is 6.92 Å². The molecule has 0 aliphatic rings. The van der Waals surface area contributed by atoms with Crippen molar-refractivity contribution in [1.29, 1.82) is 0 Å². The van der Waals surface area contributed by atoms with Gasteiger partial charge < -0.3 is 4.74 Å². The van der Waals surface area contributed by atoms with Gasteiger partial charge in [-0.25, -0.2) is 5.06 Å². The van der Waals surface area contributed by atoms with Crippen molar-refractivity contribution >= 4 is 17.2 Å². The predicted molar refractivity (Wildman–Crippen MR) is 78.6 cm³/mol. The Morgan fingerprint density at radius 1 is 1.25 bits per heavy atom. The summed E-state index contributed by atoms with van der Waals surface area (Å²) in [7, 11) is 1.48. The van der Waals surface area contributed by atoms with Crippen molar-refractivity contribution < 1.29 is 14.4 Å². The molecule has 2 aromatic rings. The molecule has 1 heterocycles. The van der Waals surface area contributed by atoms with E-state index >= 15 is 0 Å². The molecule has 4 nitrogen and oxygen atoms in total. The van der Waals surface area contributed by atoms with Crippen LogP contribution in [0.1, 0.15) is 10.4 Å². The number of carbonyl (C=O) groups excluding carboxylic acids is 1. The largest absolute Gasteiger partial charge is 0.484 e. The zero-order chi connectivity index (χ0) is 14.4. The van der Waals surface area contributed by atoms with Crippen LogP contribution in [0.3, 0.4) is 0 Å². The molecule has 0 aliphatic carbocycles. The van der Waals surface area contributed by atoms with Crippen molar-refractivity contribution in [3.63, 3.8) is 0 Å². The van der Waals surface area contributed by atoms with E-state index in [4.69, 9.17) is 9.57 Å². The van der Waals surface area contributed by atoms with Crippen LogP contribution in [0.4, 0.5) is 0 Å². The molecule has 0 aliphatic heterocycles. The summed E-state index contributed by atoms with van der Waals surface area (Å²) in [6, 6.07) is 11.5. The van der Waals surface area contributed by atoms with Crippen molar-refractivity contribution in [3.8, 4) is 5.75 Å². The SMILES string of the molecule is CON(Cc1cccs1)C(=O)COc1ccc(C)cc1. The monoisotopic (exact) mass is 291 g/mol. The van der Waals surface area contributed by atoms with Gasteiger partial charge in [0, 0.05) is 4.88 Å². The molecule has 0 spiro atoms. The second-order valence-electron chi connectivity index (χ2n) is 4.29. The van der Waals surface area contributed by atoms with E-state index in [0.29, 0.717) is 12.3 Å². The van der Waals surface area contributed by atoms with Crippen molar-refractivity contribution in [2.24, 2.45) is 0 Å². The second-order valence-corrected chi connectivity index (χ2v) is 5.33. The highest BCUT2D eigenvalue weighted by molar-refractivity contribution is 7.09. The third-order valence-corrected chi connectivity index (χ3v) is 3.62. The minimum Gasteiger partial charge on any atom is -0.484 e. The van der Waals surface area contributed by atoms with Crippen LogP contribution < -0.4 is 4.74 Å². The fourth-order valence-corrected chi connectivity index (χ4v) is 2.33. The lowest BCUT2D eigenvalue weighted by molar-refractivity contribution is -0.181. The molecule has 106 valence electrons. The van der Waals surface area contributed by atoms with E-state index in [1.807, 2.05) is 48.7 Å². The zero-order valence-corrected chi connectivity index (χ0v) is 12.4. The van der Waals surface area contributed by atoms with Crippen LogP contribution in [-0.2, 0) is 16.2 Å². The van der Waals surface area contributed by atoms with Gasteiger partial charge in [-0.05, 0) is 30.5 Å². The number of aryl methyl sites for hydroxylation is 1. The van der Waals surface area contributed by atoms with Gasteiger partial charge in [-0.15, -0.1) is 11.3 Å². The number of hydrogen-bond acceptors (Lipinski definition) is 4. The van der Waals surface area contributed by atoms with Crippen molar-refractivity contribution in [2.75, 3.05) is 13.7 Å². The number of carbonyl (C=O) groups is 1. The molecule has 0 fully saturated rings. The molecule has 5 heteroatoms. The Bertz CT molecular complexity index is 537. The highest BCUT2D eigenvalue weighted by Gasteiger charge is 2.15. The Hall–Kier alpha value is -1.85. The topological polar surface area (TPSA) is 38.8 Å². The zero-order valence-electron chi connectivity index (χ0n) is 11.5. The Labute approximate surface area is 122 Å². The summed E-state index contributed by atoms with van der Waals surface area (Å²) in [4.78, 5) is 18.2. The van der Waals surface area contributed by atoms with Gasteiger partial charge in [-0.2, -0.15) is 0 Å². The van der Waals surface area contributed by atoms with Gasteiger partial charge in [0.1, 0.15) is 5.75 Å². The van der Waals surface area contributed by atoms with E-state index in [0.717, 1.165) is 10.4 Å². The molecule has 2 rings (SSSR count). The highest BCUT2D eigenvalue weighted by atomic mass is 32.1. The van der Waals surface area contributed by atoms with Crippen LogP contribution >= 0.6 is 11.3 Å². The fraction of sp³-hybridized carbons (Fsp3) is 0.267. The van der Waals surface area contributed by atoms with Crippen LogP contribution in [0.2, 0.25) is 0 Å². The lowest BCUT2D eigenvalue weighted by Gasteiger charge is -2.19. The van der Waals surface area contributed by atoms with Crippen molar-refractivity contribution in [3.05, 3.63) is 52.2 Å². The third kappa shape index (κ3) is 4.08. The summed E-state index contributed by atoms with van der Waals surface area (Å²) in [5.41, 5.74) is 1.15. The maximum absolute atomic E-state index is 12.0. The van der Waals surface area contributed by atoms with Crippen LogP contribution in [0.25, 0.3) is 0 Å². The van der Waals surface area contributed by atoms with Crippen LogP contribution in [-0.4, -0.2) is 24.7 Å². The lowest BCUT2D eigenvalue weighted by atomic mass is 10.2. The maximum Gasteiger partial charge on any atom is 0.284 e. The lowest BCUT2D eigenvalue weighted by Crippen LogP contribution is -2.33. The van der Waals surface area contributed by atoms with E-state index in [9.17, 15) is 4.79 Å². The molecule has 0 bridgehead atoms. The van der Waals surface area contributed by atoms with E-state index < -0.39 is 0 Å². The fourth-order valence-electron chi connectivity index (χ4n) is 1.65. The Kier molecular flexibility index (Phi) is 5.15. The molecular weight excluding hydrogens is 274 g/mol. The van der Waals surface area contributed by atoms with Gasteiger partial charge in [0.15, 0.2) is 6.61 Å². The normalized spacial score (nSPS) is 10.3. The molecule has 0 N–H and O–H groups in total. The number of ether oxygens (including phenoxy) is 1. The first kappa shape index (κ1) is 14.6. The summed E-state index contributed by atoms with van der Waals surface area (Å²) in [5.74, 6) is 0.470. The van der Waals surface area contributed by atoms with Gasteiger partial charge in [-0.3, -0.25) is 9.63 Å². The Morgan fingerprint density at radius 3 is 2.60 bits per heavy atom. The third-order valence-electron chi connectivity index (χ3n) is 2.76. The molecule has 1 amide bonds.